The SMILES string of the molecule is COc1cc(OC)c(OC)cc1CN1CCC(c2nc(-c3ccc4c(c3)C(C)(C)CCC4(C)C)cs2)CC1. The lowest BCUT2D eigenvalue weighted by molar-refractivity contribution is 0.202. The maximum Gasteiger partial charge on any atom is 0.164 e. The molecule has 0 saturated carbocycles. The van der Waals surface area contributed by atoms with Crippen molar-refractivity contribution < 1.29 is 14.2 Å². The second-order valence-electron chi connectivity index (χ2n) is 12.2. The molecular formula is C32H42N2O3S. The van der Waals surface area contributed by atoms with Crippen molar-refractivity contribution in [2.45, 2.75) is 76.7 Å². The van der Waals surface area contributed by atoms with Crippen molar-refractivity contribution in [3.05, 3.63) is 57.4 Å². The summed E-state index contributed by atoms with van der Waals surface area (Å²) in [5, 5.41) is 3.54. The summed E-state index contributed by atoms with van der Waals surface area (Å²) >= 11 is 1.83. The summed E-state index contributed by atoms with van der Waals surface area (Å²) < 4.78 is 16.6. The number of benzene rings is 2. The second-order valence-corrected chi connectivity index (χ2v) is 13.1. The van der Waals surface area contributed by atoms with Crippen LogP contribution < -0.4 is 14.2 Å². The van der Waals surface area contributed by atoms with Crippen molar-refractivity contribution in [2.75, 3.05) is 34.4 Å². The van der Waals surface area contributed by atoms with Crippen molar-refractivity contribution in [1.29, 1.82) is 0 Å². The molecule has 0 bridgehead atoms. The number of likely N-dealkylation sites (tertiary alicyclic amines) is 1. The molecule has 0 amide bonds. The maximum absolute atomic E-state index is 5.65. The van der Waals surface area contributed by atoms with Crippen LogP contribution in [0.25, 0.3) is 11.3 Å². The molecule has 1 fully saturated rings. The van der Waals surface area contributed by atoms with Crippen LogP contribution in [0.15, 0.2) is 35.7 Å². The fourth-order valence-electron chi connectivity index (χ4n) is 6.15. The maximum atomic E-state index is 5.65. The van der Waals surface area contributed by atoms with Crippen molar-refractivity contribution in [2.24, 2.45) is 0 Å². The molecule has 1 aromatic heterocycles. The monoisotopic (exact) mass is 534 g/mol. The fraction of sp³-hybridized carbons (Fsp3) is 0.531. The van der Waals surface area contributed by atoms with Crippen molar-refractivity contribution in [3.63, 3.8) is 0 Å². The molecule has 0 atom stereocenters. The Morgan fingerprint density at radius 2 is 1.47 bits per heavy atom. The Bertz CT molecular complexity index is 1290. The first-order valence-electron chi connectivity index (χ1n) is 13.8. The molecule has 0 spiro atoms. The van der Waals surface area contributed by atoms with Gasteiger partial charge in [-0.3, -0.25) is 4.90 Å². The predicted molar refractivity (Wildman–Crippen MR) is 156 cm³/mol. The fourth-order valence-corrected chi connectivity index (χ4v) is 7.15. The average Bonchev–Trinajstić information content (AvgIpc) is 3.42. The summed E-state index contributed by atoms with van der Waals surface area (Å²) in [6, 6.07) is 11.0. The van der Waals surface area contributed by atoms with E-state index in [1.165, 1.54) is 34.5 Å². The minimum Gasteiger partial charge on any atom is -0.496 e. The van der Waals surface area contributed by atoms with Gasteiger partial charge in [0.25, 0.3) is 0 Å². The number of nitrogens with zero attached hydrogens (tertiary/aromatic N) is 2. The number of thiazole rings is 1. The summed E-state index contributed by atoms with van der Waals surface area (Å²) in [5.41, 5.74) is 6.97. The van der Waals surface area contributed by atoms with Gasteiger partial charge in [-0.05, 0) is 72.9 Å². The molecule has 1 aliphatic carbocycles. The lowest BCUT2D eigenvalue weighted by Crippen LogP contribution is -2.33. The molecule has 2 heterocycles. The van der Waals surface area contributed by atoms with Gasteiger partial charge in [0.1, 0.15) is 5.75 Å². The molecule has 0 N–H and O–H groups in total. The van der Waals surface area contributed by atoms with E-state index in [1.54, 1.807) is 21.3 Å². The van der Waals surface area contributed by atoms with Crippen LogP contribution in [0.4, 0.5) is 0 Å². The van der Waals surface area contributed by atoms with Gasteiger partial charge in [0, 0.05) is 35.0 Å². The highest BCUT2D eigenvalue weighted by atomic mass is 32.1. The predicted octanol–water partition coefficient (Wildman–Crippen LogP) is 7.56. The van der Waals surface area contributed by atoms with Crippen LogP contribution in [0.1, 0.15) is 81.0 Å². The molecule has 3 aromatic rings. The van der Waals surface area contributed by atoms with Crippen LogP contribution in [0.2, 0.25) is 0 Å². The van der Waals surface area contributed by atoms with Gasteiger partial charge in [-0.25, -0.2) is 4.98 Å². The molecule has 38 heavy (non-hydrogen) atoms. The van der Waals surface area contributed by atoms with E-state index in [0.29, 0.717) is 11.7 Å². The number of piperidine rings is 1. The summed E-state index contributed by atoms with van der Waals surface area (Å²) in [4.78, 5) is 7.67. The lowest BCUT2D eigenvalue weighted by Gasteiger charge is -2.42. The largest absolute Gasteiger partial charge is 0.496 e. The van der Waals surface area contributed by atoms with Gasteiger partial charge < -0.3 is 14.2 Å². The number of aromatic nitrogens is 1. The highest BCUT2D eigenvalue weighted by Crippen LogP contribution is 2.47. The van der Waals surface area contributed by atoms with Gasteiger partial charge in [-0.15, -0.1) is 11.3 Å². The van der Waals surface area contributed by atoms with E-state index >= 15 is 0 Å². The molecule has 5 rings (SSSR count). The zero-order chi connectivity index (χ0) is 27.1. The Kier molecular flexibility index (Phi) is 7.49. The number of fused-ring (bicyclic) bond motifs is 1. The summed E-state index contributed by atoms with van der Waals surface area (Å²) in [5.74, 6) is 2.79. The second kappa shape index (κ2) is 10.5. The average molecular weight is 535 g/mol. The van der Waals surface area contributed by atoms with E-state index in [0.717, 1.165) is 55.2 Å². The zero-order valence-corrected chi connectivity index (χ0v) is 24.8. The number of rotatable bonds is 7. The van der Waals surface area contributed by atoms with Gasteiger partial charge in [0.15, 0.2) is 11.5 Å². The van der Waals surface area contributed by atoms with Gasteiger partial charge in [-0.2, -0.15) is 0 Å². The van der Waals surface area contributed by atoms with E-state index in [9.17, 15) is 0 Å². The summed E-state index contributed by atoms with van der Waals surface area (Å²) in [6.07, 6.45) is 4.71. The molecule has 6 heteroatoms. The van der Waals surface area contributed by atoms with Gasteiger partial charge in [-0.1, -0.05) is 39.8 Å². The van der Waals surface area contributed by atoms with Crippen molar-refractivity contribution >= 4 is 11.3 Å². The quantitative estimate of drug-likeness (QED) is 0.313. The highest BCUT2D eigenvalue weighted by molar-refractivity contribution is 7.10. The van der Waals surface area contributed by atoms with Crippen LogP contribution in [-0.4, -0.2) is 44.3 Å². The first-order valence-corrected chi connectivity index (χ1v) is 14.6. The Morgan fingerprint density at radius 1 is 0.842 bits per heavy atom. The van der Waals surface area contributed by atoms with Crippen LogP contribution in [0, 0.1) is 0 Å². The Morgan fingerprint density at radius 3 is 2.13 bits per heavy atom. The van der Waals surface area contributed by atoms with E-state index in [4.69, 9.17) is 19.2 Å². The first-order chi connectivity index (χ1) is 18.1. The van der Waals surface area contributed by atoms with Crippen LogP contribution >= 0.6 is 11.3 Å². The number of hydrogen-bond acceptors (Lipinski definition) is 6. The van der Waals surface area contributed by atoms with Crippen LogP contribution in [-0.2, 0) is 17.4 Å². The smallest absolute Gasteiger partial charge is 0.164 e. The molecule has 2 aromatic carbocycles. The highest BCUT2D eigenvalue weighted by Gasteiger charge is 2.37. The van der Waals surface area contributed by atoms with Crippen LogP contribution in [0.5, 0.6) is 17.2 Å². The molecule has 5 nitrogen and oxygen atoms in total. The Hall–Kier alpha value is -2.57. The molecule has 0 unspecified atom stereocenters. The normalized spacial score (nSPS) is 19.1. The third kappa shape index (κ3) is 5.17. The molecule has 0 radical (unpaired) electrons. The van der Waals surface area contributed by atoms with E-state index in [1.807, 2.05) is 23.5 Å². The molecule has 204 valence electrons. The van der Waals surface area contributed by atoms with Crippen molar-refractivity contribution in [1.82, 2.24) is 9.88 Å². The van der Waals surface area contributed by atoms with E-state index < -0.39 is 0 Å². The summed E-state index contributed by atoms with van der Waals surface area (Å²) in [6.45, 7) is 12.5. The third-order valence-corrected chi connectivity index (χ3v) is 9.80. The van der Waals surface area contributed by atoms with Gasteiger partial charge in [0.2, 0.25) is 0 Å². The topological polar surface area (TPSA) is 43.8 Å². The first kappa shape index (κ1) is 27.0. The minimum atomic E-state index is 0.211. The molecule has 2 aliphatic rings. The number of hydrogen-bond donors (Lipinski definition) is 0. The van der Waals surface area contributed by atoms with E-state index in [-0.39, 0.29) is 10.8 Å². The zero-order valence-electron chi connectivity index (χ0n) is 24.0. The van der Waals surface area contributed by atoms with Gasteiger partial charge >= 0.3 is 0 Å². The van der Waals surface area contributed by atoms with Crippen LogP contribution in [0.3, 0.4) is 0 Å². The standard InChI is InChI=1S/C32H42N2O3S/c1-31(2)12-13-32(3,4)25-16-22(8-9-24(25)31)26-20-38-30(33-26)21-10-14-34(15-11-21)19-23-17-28(36-6)29(37-7)18-27(23)35-5/h8-9,16-18,20-21H,10-15,19H2,1-7H3. The minimum absolute atomic E-state index is 0.211. The molecule has 1 saturated heterocycles. The van der Waals surface area contributed by atoms with Crippen molar-refractivity contribution in [3.8, 4) is 28.5 Å². The molecular weight excluding hydrogens is 492 g/mol. The lowest BCUT2D eigenvalue weighted by atomic mass is 9.63. The van der Waals surface area contributed by atoms with E-state index in [2.05, 4.69) is 56.2 Å². The molecule has 1 aliphatic heterocycles. The Labute approximate surface area is 232 Å². The summed E-state index contributed by atoms with van der Waals surface area (Å²) in [7, 11) is 5.04. The number of ether oxygens (including phenoxy) is 3. The Balaban J connectivity index is 1.27. The third-order valence-electron chi connectivity index (χ3n) is 8.79. The number of methoxy groups -OCH3 is 3. The van der Waals surface area contributed by atoms with Gasteiger partial charge in [0.05, 0.1) is 32.0 Å².